The first-order valence-corrected chi connectivity index (χ1v) is 10.9. The van der Waals surface area contributed by atoms with Gasteiger partial charge in [0, 0.05) is 19.6 Å². The van der Waals surface area contributed by atoms with Gasteiger partial charge in [-0.1, -0.05) is 55.1 Å². The standard InChI is InChI=1S/C25H32N4O/c1-20-10-5-3-2-4-6-11-21-12-7-8-14-23(21)25(20)28-16-15-27-19-24(30)29-17-9-13-22(29)18-26/h2-3,5,7-8,10,12,14,22,25,27-28H,1,4,6,9,11,13,15-17,19H2/b3-2-,10-5-/t22-,25?/m0/s1. The number of nitrogens with zero attached hydrogens (tertiary/aromatic N) is 2. The van der Waals surface area contributed by atoms with Crippen LogP contribution < -0.4 is 10.6 Å². The van der Waals surface area contributed by atoms with E-state index in [4.69, 9.17) is 5.26 Å². The largest absolute Gasteiger partial charge is 0.326 e. The van der Waals surface area contributed by atoms with Crippen LogP contribution in [-0.4, -0.2) is 43.0 Å². The fourth-order valence-corrected chi connectivity index (χ4v) is 4.15. The number of carbonyl (C=O) groups is 1. The van der Waals surface area contributed by atoms with Gasteiger partial charge in [-0.2, -0.15) is 5.26 Å². The van der Waals surface area contributed by atoms with E-state index in [-0.39, 0.29) is 24.5 Å². The van der Waals surface area contributed by atoms with Crippen LogP contribution in [-0.2, 0) is 11.2 Å². The maximum Gasteiger partial charge on any atom is 0.237 e. The lowest BCUT2D eigenvalue weighted by molar-refractivity contribution is -0.130. The molecule has 2 atom stereocenters. The van der Waals surface area contributed by atoms with Gasteiger partial charge in [-0.15, -0.1) is 0 Å². The van der Waals surface area contributed by atoms with Gasteiger partial charge in [0.15, 0.2) is 0 Å². The predicted molar refractivity (Wildman–Crippen MR) is 121 cm³/mol. The summed E-state index contributed by atoms with van der Waals surface area (Å²) in [5.74, 6) is 0.0125. The highest BCUT2D eigenvalue weighted by Crippen LogP contribution is 2.26. The summed E-state index contributed by atoms with van der Waals surface area (Å²) in [5, 5.41) is 16.0. The molecule has 0 bridgehead atoms. The minimum atomic E-state index is -0.259. The molecule has 30 heavy (non-hydrogen) atoms. The summed E-state index contributed by atoms with van der Waals surface area (Å²) < 4.78 is 0. The molecule has 0 spiro atoms. The monoisotopic (exact) mass is 404 g/mol. The average Bonchev–Trinajstić information content (AvgIpc) is 3.23. The van der Waals surface area contributed by atoms with E-state index in [1.807, 2.05) is 0 Å². The first-order valence-electron chi connectivity index (χ1n) is 10.9. The van der Waals surface area contributed by atoms with Crippen molar-refractivity contribution in [3.05, 3.63) is 71.8 Å². The summed E-state index contributed by atoms with van der Waals surface area (Å²) in [4.78, 5) is 14.0. The van der Waals surface area contributed by atoms with Crippen molar-refractivity contribution >= 4 is 5.91 Å². The Hall–Kier alpha value is -2.68. The van der Waals surface area contributed by atoms with E-state index in [0.717, 1.165) is 44.2 Å². The topological polar surface area (TPSA) is 68.2 Å². The first-order chi connectivity index (χ1) is 14.7. The second kappa shape index (κ2) is 11.5. The number of amides is 1. The van der Waals surface area contributed by atoms with Crippen molar-refractivity contribution in [3.63, 3.8) is 0 Å². The molecule has 1 amide bonds. The number of rotatable bonds is 6. The van der Waals surface area contributed by atoms with Gasteiger partial charge in [0.2, 0.25) is 5.91 Å². The van der Waals surface area contributed by atoms with Gasteiger partial charge in [-0.25, -0.2) is 0 Å². The summed E-state index contributed by atoms with van der Waals surface area (Å²) >= 11 is 0. The van der Waals surface area contributed by atoms with E-state index in [2.05, 4.69) is 71.9 Å². The lowest BCUT2D eigenvalue weighted by Gasteiger charge is -2.23. The van der Waals surface area contributed by atoms with Gasteiger partial charge in [-0.3, -0.25) is 4.79 Å². The van der Waals surface area contributed by atoms with Gasteiger partial charge in [0.1, 0.15) is 6.04 Å². The maximum absolute atomic E-state index is 12.3. The van der Waals surface area contributed by atoms with Crippen molar-refractivity contribution in [2.24, 2.45) is 0 Å². The number of nitriles is 1. The van der Waals surface area contributed by atoms with Crippen LogP contribution in [0.2, 0.25) is 0 Å². The molecule has 158 valence electrons. The molecule has 0 saturated carbocycles. The molecule has 5 heteroatoms. The molecule has 1 aromatic rings. The highest BCUT2D eigenvalue weighted by Gasteiger charge is 2.27. The third kappa shape index (κ3) is 5.91. The van der Waals surface area contributed by atoms with Crippen molar-refractivity contribution in [1.29, 1.82) is 5.26 Å². The number of benzene rings is 1. The Kier molecular flexibility index (Phi) is 8.43. The Morgan fingerprint density at radius 3 is 2.97 bits per heavy atom. The van der Waals surface area contributed by atoms with Crippen LogP contribution in [0.3, 0.4) is 0 Å². The lowest BCUT2D eigenvalue weighted by atomic mass is 9.92. The third-order valence-electron chi connectivity index (χ3n) is 5.76. The Bertz CT molecular complexity index is 836. The van der Waals surface area contributed by atoms with Crippen molar-refractivity contribution in [2.45, 2.75) is 44.2 Å². The van der Waals surface area contributed by atoms with E-state index in [1.165, 1.54) is 11.1 Å². The SMILES string of the molecule is C=C1/C=C\C=C/CCCc2ccccc2C1NCCNCC(=O)N1CCC[C@H]1C#N. The van der Waals surface area contributed by atoms with Crippen molar-refractivity contribution in [2.75, 3.05) is 26.2 Å². The van der Waals surface area contributed by atoms with Gasteiger partial charge >= 0.3 is 0 Å². The zero-order chi connectivity index (χ0) is 21.2. The second-order valence-electron chi connectivity index (χ2n) is 7.89. The Morgan fingerprint density at radius 1 is 1.23 bits per heavy atom. The van der Waals surface area contributed by atoms with Gasteiger partial charge in [0.05, 0.1) is 18.7 Å². The molecule has 1 saturated heterocycles. The number of fused-ring (bicyclic) bond motifs is 1. The summed E-state index contributed by atoms with van der Waals surface area (Å²) in [6.45, 7) is 6.65. The Balaban J connectivity index is 1.56. The van der Waals surface area contributed by atoms with E-state index in [9.17, 15) is 4.79 Å². The molecule has 1 fully saturated rings. The van der Waals surface area contributed by atoms with Gasteiger partial charge in [-0.05, 0) is 48.8 Å². The molecule has 1 aromatic carbocycles. The molecule has 0 radical (unpaired) electrons. The Labute approximate surface area is 180 Å². The molecule has 3 rings (SSSR count). The van der Waals surface area contributed by atoms with Crippen LogP contribution in [0.25, 0.3) is 0 Å². The zero-order valence-corrected chi connectivity index (χ0v) is 17.6. The normalized spacial score (nSPS) is 23.8. The van der Waals surface area contributed by atoms with Gasteiger partial charge in [0.25, 0.3) is 0 Å². The van der Waals surface area contributed by atoms with Crippen LogP contribution in [0, 0.1) is 11.3 Å². The fourth-order valence-electron chi connectivity index (χ4n) is 4.15. The highest BCUT2D eigenvalue weighted by atomic mass is 16.2. The summed E-state index contributed by atoms with van der Waals surface area (Å²) in [6.07, 6.45) is 13.4. The van der Waals surface area contributed by atoms with Crippen LogP contribution in [0.15, 0.2) is 60.7 Å². The molecule has 0 aromatic heterocycles. The summed E-state index contributed by atoms with van der Waals surface area (Å²) in [5.41, 5.74) is 3.66. The first kappa shape index (κ1) is 22.0. The van der Waals surface area contributed by atoms with E-state index in [0.29, 0.717) is 13.1 Å². The molecule has 2 N–H and O–H groups in total. The van der Waals surface area contributed by atoms with Gasteiger partial charge < -0.3 is 15.5 Å². The number of allylic oxidation sites excluding steroid dienone is 3. The summed E-state index contributed by atoms with van der Waals surface area (Å²) in [7, 11) is 0. The summed E-state index contributed by atoms with van der Waals surface area (Å²) in [6, 6.07) is 10.6. The van der Waals surface area contributed by atoms with Crippen LogP contribution in [0.1, 0.15) is 42.9 Å². The number of aryl methyl sites for hydroxylation is 1. The Morgan fingerprint density at radius 2 is 2.10 bits per heavy atom. The quantitative estimate of drug-likeness (QED) is 0.713. The second-order valence-corrected chi connectivity index (χ2v) is 7.89. The predicted octanol–water partition coefficient (Wildman–Crippen LogP) is 3.43. The average molecular weight is 405 g/mol. The number of likely N-dealkylation sites (tertiary alicyclic amines) is 1. The van der Waals surface area contributed by atoms with Crippen molar-refractivity contribution in [1.82, 2.24) is 15.5 Å². The molecule has 1 aliphatic heterocycles. The zero-order valence-electron chi connectivity index (χ0n) is 17.6. The number of carbonyl (C=O) groups excluding carboxylic acids is 1. The van der Waals surface area contributed by atoms with Crippen molar-refractivity contribution < 1.29 is 4.79 Å². The smallest absolute Gasteiger partial charge is 0.237 e. The molecule has 1 heterocycles. The minimum absolute atomic E-state index is 0.0125. The van der Waals surface area contributed by atoms with Crippen molar-refractivity contribution in [3.8, 4) is 6.07 Å². The van der Waals surface area contributed by atoms with E-state index in [1.54, 1.807) is 4.90 Å². The minimum Gasteiger partial charge on any atom is -0.326 e. The lowest BCUT2D eigenvalue weighted by Crippen LogP contribution is -2.42. The van der Waals surface area contributed by atoms with E-state index < -0.39 is 0 Å². The molecular weight excluding hydrogens is 372 g/mol. The van der Waals surface area contributed by atoms with Crippen LogP contribution >= 0.6 is 0 Å². The maximum atomic E-state index is 12.3. The van der Waals surface area contributed by atoms with E-state index >= 15 is 0 Å². The highest BCUT2D eigenvalue weighted by molar-refractivity contribution is 5.79. The number of hydrogen-bond acceptors (Lipinski definition) is 4. The van der Waals surface area contributed by atoms with Crippen LogP contribution in [0.5, 0.6) is 0 Å². The fraction of sp³-hybridized carbons (Fsp3) is 0.440. The van der Waals surface area contributed by atoms with Crippen LogP contribution in [0.4, 0.5) is 0 Å². The number of nitrogens with one attached hydrogen (secondary N) is 2. The molecule has 1 unspecified atom stereocenters. The molecular formula is C25H32N4O. The molecule has 2 aliphatic rings. The number of hydrogen-bond donors (Lipinski definition) is 2. The molecule has 1 aliphatic carbocycles. The third-order valence-corrected chi connectivity index (χ3v) is 5.76. The molecule has 5 nitrogen and oxygen atoms in total.